The first kappa shape index (κ1) is 22.0. The topological polar surface area (TPSA) is 84.3 Å². The van der Waals surface area contributed by atoms with Gasteiger partial charge in [0.1, 0.15) is 0 Å². The first-order valence-electron chi connectivity index (χ1n) is 10.6. The lowest BCUT2D eigenvalue weighted by Crippen LogP contribution is -2.37. The van der Waals surface area contributed by atoms with E-state index in [1.165, 1.54) is 9.58 Å². The van der Waals surface area contributed by atoms with Crippen LogP contribution >= 0.6 is 0 Å². The first-order valence-corrected chi connectivity index (χ1v) is 10.6. The van der Waals surface area contributed by atoms with Gasteiger partial charge in [-0.3, -0.25) is 14.4 Å². The van der Waals surface area contributed by atoms with Crippen molar-refractivity contribution in [3.63, 3.8) is 0 Å². The van der Waals surface area contributed by atoms with E-state index in [2.05, 4.69) is 10.4 Å². The number of fused-ring (bicyclic) bond motifs is 1. The van der Waals surface area contributed by atoms with Crippen LogP contribution in [0.4, 0.5) is 5.69 Å². The van der Waals surface area contributed by atoms with Crippen molar-refractivity contribution < 1.29 is 9.59 Å². The average Bonchev–Trinajstić information content (AvgIpc) is 2.82. The normalized spacial score (nSPS) is 10.8. The highest BCUT2D eigenvalue weighted by atomic mass is 16.2. The molecule has 0 saturated heterocycles. The van der Waals surface area contributed by atoms with Gasteiger partial charge in [0, 0.05) is 18.1 Å². The van der Waals surface area contributed by atoms with Crippen LogP contribution in [0.2, 0.25) is 0 Å². The van der Waals surface area contributed by atoms with E-state index in [0.717, 1.165) is 11.1 Å². The number of aryl methyl sites for hydroxylation is 1. The Labute approximate surface area is 191 Å². The minimum absolute atomic E-state index is 0.107. The molecule has 2 amide bonds. The van der Waals surface area contributed by atoms with Crippen LogP contribution in [0.25, 0.3) is 16.5 Å². The van der Waals surface area contributed by atoms with Crippen LogP contribution in [0.15, 0.2) is 77.6 Å². The van der Waals surface area contributed by atoms with Crippen molar-refractivity contribution >= 4 is 28.3 Å². The van der Waals surface area contributed by atoms with Crippen molar-refractivity contribution in [2.45, 2.75) is 13.8 Å². The van der Waals surface area contributed by atoms with Gasteiger partial charge in [-0.1, -0.05) is 48.5 Å². The van der Waals surface area contributed by atoms with Gasteiger partial charge in [-0.2, -0.15) is 9.78 Å². The Balaban J connectivity index is 1.66. The zero-order valence-electron chi connectivity index (χ0n) is 18.7. The first-order chi connectivity index (χ1) is 15.9. The highest BCUT2D eigenvalue weighted by Gasteiger charge is 2.22. The van der Waals surface area contributed by atoms with Gasteiger partial charge in [-0.25, -0.2) is 0 Å². The third kappa shape index (κ3) is 4.39. The number of rotatable bonds is 5. The summed E-state index contributed by atoms with van der Waals surface area (Å²) in [6, 6.07) is 21.4. The maximum absolute atomic E-state index is 13.3. The number of benzene rings is 3. The summed E-state index contributed by atoms with van der Waals surface area (Å²) in [4.78, 5) is 40.3. The summed E-state index contributed by atoms with van der Waals surface area (Å²) in [7, 11) is 1.54. The van der Waals surface area contributed by atoms with Gasteiger partial charge in [-0.15, -0.1) is 0 Å². The third-order valence-corrected chi connectivity index (χ3v) is 5.61. The second-order valence-corrected chi connectivity index (χ2v) is 7.90. The van der Waals surface area contributed by atoms with Crippen molar-refractivity contribution in [1.29, 1.82) is 0 Å². The van der Waals surface area contributed by atoms with E-state index < -0.39 is 5.91 Å². The predicted molar refractivity (Wildman–Crippen MR) is 129 cm³/mol. The molecule has 7 nitrogen and oxygen atoms in total. The molecule has 0 fully saturated rings. The van der Waals surface area contributed by atoms with Crippen LogP contribution in [0, 0.1) is 13.8 Å². The molecule has 4 aromatic rings. The van der Waals surface area contributed by atoms with Crippen LogP contribution in [0.5, 0.6) is 0 Å². The molecular weight excluding hydrogens is 416 g/mol. The largest absolute Gasteiger partial charge is 0.331 e. The van der Waals surface area contributed by atoms with Crippen LogP contribution in [0.1, 0.15) is 21.6 Å². The van der Waals surface area contributed by atoms with Crippen LogP contribution in [-0.2, 0) is 4.79 Å². The molecule has 166 valence electrons. The summed E-state index contributed by atoms with van der Waals surface area (Å²) in [5.41, 5.74) is 3.10. The lowest BCUT2D eigenvalue weighted by molar-refractivity contribution is -0.116. The molecule has 0 aliphatic rings. The van der Waals surface area contributed by atoms with E-state index in [-0.39, 0.29) is 23.7 Å². The Morgan fingerprint density at radius 3 is 2.30 bits per heavy atom. The Morgan fingerprint density at radius 2 is 1.58 bits per heavy atom. The number of nitrogens with one attached hydrogen (secondary N) is 1. The highest BCUT2D eigenvalue weighted by molar-refractivity contribution is 6.06. The second kappa shape index (κ2) is 9.08. The number of amides is 2. The summed E-state index contributed by atoms with van der Waals surface area (Å²) in [6.07, 6.45) is 0. The molecule has 0 bridgehead atoms. The minimum atomic E-state index is -0.452. The van der Waals surface area contributed by atoms with Gasteiger partial charge in [0.25, 0.3) is 11.5 Å². The number of carbonyl (C=O) groups is 2. The Hall–Kier alpha value is -4.26. The van der Waals surface area contributed by atoms with Crippen LogP contribution < -0.4 is 10.9 Å². The quantitative estimate of drug-likeness (QED) is 0.513. The van der Waals surface area contributed by atoms with Crippen LogP contribution in [-0.4, -0.2) is 40.1 Å². The molecule has 0 atom stereocenters. The second-order valence-electron chi connectivity index (χ2n) is 7.90. The fraction of sp³-hybridized carbons (Fsp3) is 0.154. The number of hydrogen-bond acceptors (Lipinski definition) is 4. The lowest BCUT2D eigenvalue weighted by Gasteiger charge is -2.19. The van der Waals surface area contributed by atoms with Crippen molar-refractivity contribution in [3.8, 4) is 5.69 Å². The van der Waals surface area contributed by atoms with Gasteiger partial charge < -0.3 is 10.2 Å². The fourth-order valence-electron chi connectivity index (χ4n) is 3.64. The molecule has 7 heteroatoms. The molecule has 4 rings (SSSR count). The number of para-hydroxylation sites is 1. The Morgan fingerprint density at radius 1 is 0.909 bits per heavy atom. The predicted octanol–water partition coefficient (Wildman–Crippen LogP) is 3.71. The number of carbonyl (C=O) groups excluding carboxylic acids is 2. The van der Waals surface area contributed by atoms with Gasteiger partial charge in [0.05, 0.1) is 17.6 Å². The molecule has 1 heterocycles. The van der Waals surface area contributed by atoms with Crippen molar-refractivity contribution in [2.24, 2.45) is 0 Å². The smallest absolute Gasteiger partial charge is 0.279 e. The van der Waals surface area contributed by atoms with E-state index in [0.29, 0.717) is 22.1 Å². The summed E-state index contributed by atoms with van der Waals surface area (Å²) in [5, 5.41) is 8.08. The molecule has 33 heavy (non-hydrogen) atoms. The van der Waals surface area contributed by atoms with E-state index in [4.69, 9.17) is 0 Å². The monoisotopic (exact) mass is 440 g/mol. The van der Waals surface area contributed by atoms with Gasteiger partial charge in [0.15, 0.2) is 5.69 Å². The summed E-state index contributed by atoms with van der Waals surface area (Å²) in [5.74, 6) is -0.771. The number of likely N-dealkylation sites (N-methyl/N-ethyl adjacent to an activating group) is 1. The molecule has 1 N–H and O–H groups in total. The van der Waals surface area contributed by atoms with Gasteiger partial charge in [-0.05, 0) is 49.2 Å². The van der Waals surface area contributed by atoms with Crippen molar-refractivity contribution in [3.05, 3.63) is 100.0 Å². The number of aromatic nitrogens is 2. The number of nitrogens with zero attached hydrogens (tertiary/aromatic N) is 3. The van der Waals surface area contributed by atoms with Gasteiger partial charge in [0.2, 0.25) is 5.91 Å². The summed E-state index contributed by atoms with van der Waals surface area (Å²) >= 11 is 0. The van der Waals surface area contributed by atoms with E-state index in [1.54, 1.807) is 55.6 Å². The highest BCUT2D eigenvalue weighted by Crippen LogP contribution is 2.19. The third-order valence-electron chi connectivity index (χ3n) is 5.61. The Kier molecular flexibility index (Phi) is 6.04. The van der Waals surface area contributed by atoms with Crippen molar-refractivity contribution in [1.82, 2.24) is 14.7 Å². The molecule has 0 aliphatic carbocycles. The number of anilines is 1. The standard InChI is InChI=1S/C26H24N4O3/c1-17-10-9-15-22(18(17)2)27-23(31)16-29(3)26(33)24-20-13-7-8-14-21(20)25(32)30(28-24)19-11-5-4-6-12-19/h4-15H,16H2,1-3H3,(H,27,31). The maximum atomic E-state index is 13.3. The Bertz CT molecular complexity index is 1410. The maximum Gasteiger partial charge on any atom is 0.279 e. The van der Waals surface area contributed by atoms with E-state index in [9.17, 15) is 14.4 Å². The number of hydrogen-bond donors (Lipinski definition) is 1. The zero-order chi connectivity index (χ0) is 23.5. The zero-order valence-corrected chi connectivity index (χ0v) is 18.7. The molecule has 0 unspecified atom stereocenters. The van der Waals surface area contributed by atoms with E-state index in [1.807, 2.05) is 38.1 Å². The summed E-state index contributed by atoms with van der Waals surface area (Å²) in [6.45, 7) is 3.74. The minimum Gasteiger partial charge on any atom is -0.331 e. The molecular formula is C26H24N4O3. The molecule has 0 saturated carbocycles. The average molecular weight is 441 g/mol. The van der Waals surface area contributed by atoms with Crippen LogP contribution in [0.3, 0.4) is 0 Å². The molecule has 0 spiro atoms. The lowest BCUT2D eigenvalue weighted by atomic mass is 10.1. The fourth-order valence-corrected chi connectivity index (χ4v) is 3.64. The van der Waals surface area contributed by atoms with Crippen molar-refractivity contribution in [2.75, 3.05) is 18.9 Å². The molecule has 0 radical (unpaired) electrons. The molecule has 0 aliphatic heterocycles. The SMILES string of the molecule is Cc1cccc(NC(=O)CN(C)C(=O)c2nn(-c3ccccc3)c(=O)c3ccccc23)c1C. The molecule has 1 aromatic heterocycles. The van der Waals surface area contributed by atoms with E-state index >= 15 is 0 Å². The summed E-state index contributed by atoms with van der Waals surface area (Å²) < 4.78 is 1.22. The van der Waals surface area contributed by atoms with Gasteiger partial charge >= 0.3 is 0 Å². The molecule has 3 aromatic carbocycles.